The topological polar surface area (TPSA) is 89.1 Å². The lowest BCUT2D eigenvalue weighted by Crippen LogP contribution is -2.45. The van der Waals surface area contributed by atoms with E-state index in [4.69, 9.17) is 26.4 Å². The fourth-order valence-electron chi connectivity index (χ4n) is 3.86. The van der Waals surface area contributed by atoms with E-state index in [1.807, 2.05) is 11.0 Å². The number of amides is 1. The predicted octanol–water partition coefficient (Wildman–Crippen LogP) is 2.44. The van der Waals surface area contributed by atoms with Crippen molar-refractivity contribution in [2.45, 2.75) is 38.6 Å². The molecule has 3 rings (SSSR count). The average Bonchev–Trinajstić information content (AvgIpc) is 3.06. The molecule has 0 radical (unpaired) electrons. The first-order valence-corrected chi connectivity index (χ1v) is 10.8. The van der Waals surface area contributed by atoms with Gasteiger partial charge in [-0.2, -0.15) is 0 Å². The number of thiocarbonyl (C=S) groups is 1. The summed E-state index contributed by atoms with van der Waals surface area (Å²) in [5.41, 5.74) is 1.82. The number of benzene rings is 1. The molecular weight excluding hydrogens is 418 g/mol. The number of ether oxygens (including phenoxy) is 3. The Kier molecular flexibility index (Phi) is 7.73. The summed E-state index contributed by atoms with van der Waals surface area (Å²) < 4.78 is 16.2. The molecule has 0 bridgehead atoms. The minimum absolute atomic E-state index is 0.0232. The van der Waals surface area contributed by atoms with Crippen LogP contribution in [-0.2, 0) is 14.3 Å². The first-order chi connectivity index (χ1) is 14.9. The third-order valence-electron chi connectivity index (χ3n) is 5.51. The highest BCUT2D eigenvalue weighted by Gasteiger charge is 2.31. The van der Waals surface area contributed by atoms with E-state index in [0.29, 0.717) is 27.9 Å². The van der Waals surface area contributed by atoms with Gasteiger partial charge in [0.05, 0.1) is 25.8 Å². The van der Waals surface area contributed by atoms with Gasteiger partial charge in [-0.05, 0) is 49.7 Å². The Morgan fingerprint density at radius 3 is 2.48 bits per heavy atom. The SMILES string of the molecule is COC(=O)C1=C(C)NC(=S)N[C@H]1c1ccc(OCC(=O)N2CCCCCC2)c(OC)c1. The lowest BCUT2D eigenvalue weighted by molar-refractivity contribution is -0.136. The van der Waals surface area contributed by atoms with Crippen LogP contribution in [0.3, 0.4) is 0 Å². The second-order valence-corrected chi connectivity index (χ2v) is 7.96. The monoisotopic (exact) mass is 447 g/mol. The Hall–Kier alpha value is -2.81. The summed E-state index contributed by atoms with van der Waals surface area (Å²) in [5.74, 6) is 0.456. The Morgan fingerprint density at radius 1 is 1.13 bits per heavy atom. The number of hydrogen-bond donors (Lipinski definition) is 2. The number of nitrogens with one attached hydrogen (secondary N) is 2. The molecule has 8 nitrogen and oxygen atoms in total. The van der Waals surface area contributed by atoms with Crippen molar-refractivity contribution in [3.05, 3.63) is 35.0 Å². The number of hydrogen-bond acceptors (Lipinski definition) is 6. The van der Waals surface area contributed by atoms with Crippen LogP contribution in [0.15, 0.2) is 29.5 Å². The van der Waals surface area contributed by atoms with E-state index in [1.54, 1.807) is 19.1 Å². The molecule has 1 aromatic rings. The highest BCUT2D eigenvalue weighted by atomic mass is 32.1. The molecule has 168 valence electrons. The molecule has 0 aromatic heterocycles. The molecule has 1 aromatic carbocycles. The van der Waals surface area contributed by atoms with Crippen molar-refractivity contribution in [3.8, 4) is 11.5 Å². The Morgan fingerprint density at radius 2 is 1.84 bits per heavy atom. The number of nitrogens with zero attached hydrogens (tertiary/aromatic N) is 1. The maximum Gasteiger partial charge on any atom is 0.337 e. The van der Waals surface area contributed by atoms with Crippen molar-refractivity contribution in [3.63, 3.8) is 0 Å². The first-order valence-electron chi connectivity index (χ1n) is 10.4. The standard InChI is InChI=1S/C22H29N3O5S/c1-14-19(21(27)29-3)20(24-22(31)23-14)15-8-9-16(17(12-15)28-2)30-13-18(26)25-10-6-4-5-7-11-25/h8-9,12,20H,4-7,10-11,13H2,1-3H3,(H2,23,24,31)/t20-/m0/s1. The van der Waals surface area contributed by atoms with E-state index in [9.17, 15) is 9.59 Å². The molecule has 1 atom stereocenters. The van der Waals surface area contributed by atoms with Crippen molar-refractivity contribution in [1.82, 2.24) is 15.5 Å². The summed E-state index contributed by atoms with van der Waals surface area (Å²) in [6.45, 7) is 3.29. The fraction of sp³-hybridized carbons (Fsp3) is 0.500. The minimum Gasteiger partial charge on any atom is -0.493 e. The van der Waals surface area contributed by atoms with E-state index in [1.165, 1.54) is 14.2 Å². The lowest BCUT2D eigenvalue weighted by atomic mass is 9.95. The number of methoxy groups -OCH3 is 2. The Balaban J connectivity index is 1.77. The van der Waals surface area contributed by atoms with Crippen LogP contribution in [0, 0.1) is 0 Å². The van der Waals surface area contributed by atoms with Crippen LogP contribution >= 0.6 is 12.2 Å². The van der Waals surface area contributed by atoms with Gasteiger partial charge in [0.25, 0.3) is 5.91 Å². The summed E-state index contributed by atoms with van der Waals surface area (Å²) >= 11 is 5.26. The third kappa shape index (κ3) is 5.46. The van der Waals surface area contributed by atoms with E-state index in [-0.39, 0.29) is 12.5 Å². The zero-order chi connectivity index (χ0) is 22.4. The lowest BCUT2D eigenvalue weighted by Gasteiger charge is -2.30. The molecular formula is C22H29N3O5S. The van der Waals surface area contributed by atoms with Crippen LogP contribution < -0.4 is 20.1 Å². The van der Waals surface area contributed by atoms with Crippen molar-refractivity contribution in [2.75, 3.05) is 33.9 Å². The van der Waals surface area contributed by atoms with Crippen molar-refractivity contribution in [1.29, 1.82) is 0 Å². The van der Waals surface area contributed by atoms with Crippen LogP contribution in [0.25, 0.3) is 0 Å². The van der Waals surface area contributed by atoms with Gasteiger partial charge >= 0.3 is 5.97 Å². The zero-order valence-corrected chi connectivity index (χ0v) is 19.0. The minimum atomic E-state index is -0.497. The molecule has 31 heavy (non-hydrogen) atoms. The number of carbonyl (C=O) groups excluding carboxylic acids is 2. The number of likely N-dealkylation sites (tertiary alicyclic amines) is 1. The van der Waals surface area contributed by atoms with Gasteiger partial charge in [-0.25, -0.2) is 4.79 Å². The van der Waals surface area contributed by atoms with Crippen LogP contribution in [-0.4, -0.2) is 55.8 Å². The number of allylic oxidation sites excluding steroid dienone is 1. The first kappa shape index (κ1) is 22.9. The van der Waals surface area contributed by atoms with Crippen molar-refractivity contribution >= 4 is 29.2 Å². The van der Waals surface area contributed by atoms with Gasteiger partial charge in [-0.1, -0.05) is 18.9 Å². The summed E-state index contributed by atoms with van der Waals surface area (Å²) in [4.78, 5) is 26.7. The summed E-state index contributed by atoms with van der Waals surface area (Å²) in [6, 6.07) is 4.83. The maximum atomic E-state index is 12.5. The van der Waals surface area contributed by atoms with Crippen molar-refractivity contribution in [2.24, 2.45) is 0 Å². The van der Waals surface area contributed by atoms with Gasteiger partial charge in [0.2, 0.25) is 0 Å². The predicted molar refractivity (Wildman–Crippen MR) is 120 cm³/mol. The van der Waals surface area contributed by atoms with Gasteiger partial charge in [0, 0.05) is 18.8 Å². The van der Waals surface area contributed by atoms with Crippen LogP contribution in [0.5, 0.6) is 11.5 Å². The molecule has 0 saturated carbocycles. The van der Waals surface area contributed by atoms with E-state index in [0.717, 1.165) is 44.3 Å². The summed E-state index contributed by atoms with van der Waals surface area (Å²) in [5, 5.41) is 6.47. The van der Waals surface area contributed by atoms with E-state index < -0.39 is 12.0 Å². The zero-order valence-electron chi connectivity index (χ0n) is 18.2. The molecule has 2 aliphatic heterocycles. The highest BCUT2D eigenvalue weighted by Crippen LogP contribution is 2.34. The van der Waals surface area contributed by atoms with Gasteiger partial charge in [-0.3, -0.25) is 4.79 Å². The molecule has 2 heterocycles. The molecule has 0 spiro atoms. The van der Waals surface area contributed by atoms with Gasteiger partial charge in [0.15, 0.2) is 23.2 Å². The molecule has 1 amide bonds. The fourth-order valence-corrected chi connectivity index (χ4v) is 4.13. The third-order valence-corrected chi connectivity index (χ3v) is 5.73. The molecule has 1 fully saturated rings. The van der Waals surface area contributed by atoms with E-state index in [2.05, 4.69) is 10.6 Å². The molecule has 0 aliphatic carbocycles. The van der Waals surface area contributed by atoms with Crippen molar-refractivity contribution < 1.29 is 23.8 Å². The highest BCUT2D eigenvalue weighted by molar-refractivity contribution is 7.80. The number of esters is 1. The maximum absolute atomic E-state index is 12.5. The largest absolute Gasteiger partial charge is 0.493 e. The number of carbonyl (C=O) groups is 2. The molecule has 0 unspecified atom stereocenters. The molecule has 2 N–H and O–H groups in total. The quantitative estimate of drug-likeness (QED) is 0.508. The van der Waals surface area contributed by atoms with Crippen LogP contribution in [0.2, 0.25) is 0 Å². The summed E-state index contributed by atoms with van der Waals surface area (Å²) in [7, 11) is 2.87. The second-order valence-electron chi connectivity index (χ2n) is 7.56. The number of rotatable bonds is 6. The molecule has 1 saturated heterocycles. The second kappa shape index (κ2) is 10.5. The summed E-state index contributed by atoms with van der Waals surface area (Å²) in [6.07, 6.45) is 4.39. The molecule has 2 aliphatic rings. The Bertz CT molecular complexity index is 878. The van der Waals surface area contributed by atoms with E-state index >= 15 is 0 Å². The van der Waals surface area contributed by atoms with Crippen LogP contribution in [0.1, 0.15) is 44.2 Å². The van der Waals surface area contributed by atoms with Crippen LogP contribution in [0.4, 0.5) is 0 Å². The van der Waals surface area contributed by atoms with Gasteiger partial charge < -0.3 is 29.7 Å². The average molecular weight is 448 g/mol. The normalized spacial score (nSPS) is 19.1. The Labute approximate surface area is 187 Å². The van der Waals surface area contributed by atoms with Gasteiger partial charge in [-0.15, -0.1) is 0 Å². The van der Waals surface area contributed by atoms with Gasteiger partial charge in [0.1, 0.15) is 0 Å². The molecule has 9 heteroatoms. The smallest absolute Gasteiger partial charge is 0.337 e.